The highest BCUT2D eigenvalue weighted by molar-refractivity contribution is 5.90. The maximum atomic E-state index is 13.5. The van der Waals surface area contributed by atoms with E-state index in [2.05, 4.69) is 0 Å². The number of benzene rings is 3. The topological polar surface area (TPSA) is 209 Å². The minimum Gasteiger partial charge on any atom is -0.481 e. The molecule has 3 aromatic carbocycles. The van der Waals surface area contributed by atoms with Crippen molar-refractivity contribution in [3.63, 3.8) is 0 Å². The Bertz CT molecular complexity index is 1550. The van der Waals surface area contributed by atoms with Crippen molar-refractivity contribution < 1.29 is 67.8 Å². The number of hydrogen-bond acceptors (Lipinski definition) is 11. The molecule has 3 aromatic rings. The Balaban J connectivity index is 0.000000518. The Labute approximate surface area is 320 Å². The number of carboxylic acids is 3. The minimum absolute atomic E-state index is 0.0172. The lowest BCUT2D eigenvalue weighted by Gasteiger charge is -2.30. The summed E-state index contributed by atoms with van der Waals surface area (Å²) in [7, 11) is 0. The average Bonchev–Trinajstić information content (AvgIpc) is 3.16. The van der Waals surface area contributed by atoms with E-state index in [1.165, 1.54) is 0 Å². The highest BCUT2D eigenvalue weighted by Gasteiger charge is 2.47. The van der Waals surface area contributed by atoms with Crippen molar-refractivity contribution in [1.82, 2.24) is 0 Å². The molecule has 0 aliphatic carbocycles. The molecule has 0 saturated carbocycles. The lowest BCUT2D eigenvalue weighted by molar-refractivity contribution is -0.187. The van der Waals surface area contributed by atoms with Crippen LogP contribution in [0.4, 0.5) is 0 Å². The van der Waals surface area contributed by atoms with Crippen LogP contribution in [0.2, 0.25) is 0 Å². The number of ether oxygens (including phenoxy) is 5. The van der Waals surface area contributed by atoms with Gasteiger partial charge < -0.3 is 39.0 Å². The van der Waals surface area contributed by atoms with Crippen molar-refractivity contribution in [3.8, 4) is 0 Å². The minimum atomic E-state index is -2.19. The summed E-state index contributed by atoms with van der Waals surface area (Å²) in [5.41, 5.74) is -1.71. The second-order valence-electron chi connectivity index (χ2n) is 12.5. The lowest BCUT2D eigenvalue weighted by Crippen LogP contribution is -2.47. The van der Waals surface area contributed by atoms with Gasteiger partial charge in [-0.15, -0.1) is 0 Å². The summed E-state index contributed by atoms with van der Waals surface area (Å²) in [6.45, 7) is 4.03. The molecule has 0 unspecified atom stereocenters. The van der Waals surface area contributed by atoms with Crippen LogP contribution in [0.3, 0.4) is 0 Å². The first-order valence-corrected chi connectivity index (χ1v) is 17.9. The summed E-state index contributed by atoms with van der Waals surface area (Å²) in [5.74, 6) is -6.57. The number of carbonyl (C=O) groups excluding carboxylic acids is 3. The van der Waals surface area contributed by atoms with Crippen LogP contribution in [0, 0.1) is 0 Å². The molecule has 0 fully saturated rings. The fraction of sp³-hybridized carbons (Fsp3) is 0.415. The van der Waals surface area contributed by atoms with Crippen molar-refractivity contribution in [1.29, 1.82) is 0 Å². The van der Waals surface area contributed by atoms with Crippen molar-refractivity contribution in [2.24, 2.45) is 0 Å². The molecule has 3 rings (SSSR count). The zero-order valence-corrected chi connectivity index (χ0v) is 31.2. The van der Waals surface area contributed by atoms with Gasteiger partial charge >= 0.3 is 35.8 Å². The maximum absolute atomic E-state index is 13.5. The Morgan fingerprint density at radius 1 is 0.491 bits per heavy atom. The molecule has 14 heteroatoms. The molecule has 0 amide bonds. The monoisotopic (exact) mass is 766 g/mol. The molecule has 55 heavy (non-hydrogen) atoms. The van der Waals surface area contributed by atoms with Gasteiger partial charge in [0.25, 0.3) is 0 Å². The largest absolute Gasteiger partial charge is 0.481 e. The zero-order valence-electron chi connectivity index (χ0n) is 31.2. The highest BCUT2D eigenvalue weighted by Crippen LogP contribution is 2.27. The smallest absolute Gasteiger partial charge is 0.339 e. The van der Waals surface area contributed by atoms with E-state index in [1.54, 1.807) is 0 Å². The number of carboxylic acid groups (broad SMARTS) is 3. The van der Waals surface area contributed by atoms with Gasteiger partial charge in [0.05, 0.1) is 25.7 Å². The zero-order chi connectivity index (χ0) is 40.5. The number of esters is 3. The number of rotatable bonds is 24. The first-order valence-electron chi connectivity index (χ1n) is 17.9. The van der Waals surface area contributed by atoms with Gasteiger partial charge in [-0.1, -0.05) is 118 Å². The first-order chi connectivity index (χ1) is 26.3. The molecular weight excluding hydrogens is 716 g/mol. The van der Waals surface area contributed by atoms with E-state index in [0.717, 1.165) is 29.5 Å². The molecule has 0 spiro atoms. The van der Waals surface area contributed by atoms with Crippen molar-refractivity contribution in [3.05, 3.63) is 108 Å². The lowest BCUT2D eigenvalue weighted by atomic mass is 9.94. The maximum Gasteiger partial charge on any atom is 0.339 e. The van der Waals surface area contributed by atoms with E-state index in [1.807, 2.05) is 105 Å². The molecule has 0 aliphatic heterocycles. The molecular formula is C41H50O14. The van der Waals surface area contributed by atoms with Crippen LogP contribution in [0.1, 0.15) is 81.9 Å². The summed E-state index contributed by atoms with van der Waals surface area (Å²) in [6.07, 6.45) is -0.0338. The van der Waals surface area contributed by atoms with Gasteiger partial charge in [-0.3, -0.25) is 19.2 Å². The summed E-state index contributed by atoms with van der Waals surface area (Å²) in [5, 5.41) is 26.2. The van der Waals surface area contributed by atoms with Gasteiger partial charge in [-0.2, -0.15) is 0 Å². The molecule has 0 bridgehead atoms. The van der Waals surface area contributed by atoms with Crippen molar-refractivity contribution >= 4 is 35.8 Å². The van der Waals surface area contributed by atoms with Gasteiger partial charge in [-0.05, 0) is 29.5 Å². The predicted octanol–water partition coefficient (Wildman–Crippen LogP) is 6.13. The fourth-order valence-corrected chi connectivity index (χ4v) is 4.96. The molecule has 0 aromatic heterocycles. The van der Waals surface area contributed by atoms with Gasteiger partial charge in [0, 0.05) is 13.2 Å². The average molecular weight is 767 g/mol. The van der Waals surface area contributed by atoms with E-state index < -0.39 is 72.7 Å². The Hall–Kier alpha value is -5.60. The van der Waals surface area contributed by atoms with Crippen LogP contribution in [0.5, 0.6) is 0 Å². The predicted molar refractivity (Wildman–Crippen MR) is 197 cm³/mol. The fourth-order valence-electron chi connectivity index (χ4n) is 4.96. The molecule has 298 valence electrons. The van der Waals surface area contributed by atoms with Gasteiger partial charge in [-0.25, -0.2) is 9.59 Å². The second kappa shape index (κ2) is 24.7. The van der Waals surface area contributed by atoms with Crippen LogP contribution in [0.25, 0.3) is 0 Å². The normalized spacial score (nSPS) is 11.0. The third-order valence-electron chi connectivity index (χ3n) is 7.95. The molecule has 3 N–H and O–H groups in total. The molecule has 0 atom stereocenters. The summed E-state index contributed by atoms with van der Waals surface area (Å²) in [6, 6.07) is 27.5. The van der Waals surface area contributed by atoms with E-state index in [9.17, 15) is 28.8 Å². The van der Waals surface area contributed by atoms with Crippen molar-refractivity contribution in [2.45, 2.75) is 96.2 Å². The van der Waals surface area contributed by atoms with Crippen molar-refractivity contribution in [2.75, 3.05) is 13.2 Å². The molecule has 0 heterocycles. The van der Waals surface area contributed by atoms with Crippen LogP contribution in [-0.4, -0.2) is 75.6 Å². The first kappa shape index (κ1) is 45.6. The second-order valence-corrected chi connectivity index (χ2v) is 12.5. The van der Waals surface area contributed by atoms with Gasteiger partial charge in [0.2, 0.25) is 0 Å². The van der Waals surface area contributed by atoms with E-state index in [0.29, 0.717) is 12.8 Å². The van der Waals surface area contributed by atoms with Gasteiger partial charge in [0.15, 0.2) is 11.2 Å². The highest BCUT2D eigenvalue weighted by atomic mass is 16.6. The Morgan fingerprint density at radius 3 is 1.16 bits per heavy atom. The molecule has 0 radical (unpaired) electrons. The Kier molecular flexibility index (Phi) is 20.4. The van der Waals surface area contributed by atoms with Gasteiger partial charge in [0.1, 0.15) is 19.8 Å². The quantitative estimate of drug-likeness (QED) is 0.0533. The summed E-state index contributed by atoms with van der Waals surface area (Å²) < 4.78 is 27.4. The van der Waals surface area contributed by atoms with Crippen LogP contribution < -0.4 is 0 Å². The number of carbonyl (C=O) groups is 6. The standard InChI is InChI=1S/C31H34O7.C10H16O7/c1-2-3-19-38-31(30(34)37-24-27-17-11-6-12-18-27,20-28(32)35-22-25-13-7-4-8-14-25)21-29(33)36-23-26-15-9-5-10-16-26;1-2-3-4-17-10(9(15)16,5-7(11)12)6-8(13)14/h4-18H,2-3,19-24H2,1H3;2-6H2,1H3,(H,11,12)(H,13,14)(H,15,16). The summed E-state index contributed by atoms with van der Waals surface area (Å²) in [4.78, 5) is 71.6. The number of unbranched alkanes of at least 4 members (excludes halogenated alkanes) is 2. The van der Waals surface area contributed by atoms with E-state index in [4.69, 9.17) is 39.0 Å². The molecule has 0 saturated heterocycles. The summed E-state index contributed by atoms with van der Waals surface area (Å²) >= 11 is 0. The molecule has 0 aliphatic rings. The SMILES string of the molecule is CCCCOC(CC(=O)O)(CC(=O)O)C(=O)O.CCCCOC(CC(=O)OCc1ccccc1)(CC(=O)OCc1ccccc1)C(=O)OCc1ccccc1. The third kappa shape index (κ3) is 17.4. The molecule has 14 nitrogen and oxygen atoms in total. The van der Waals surface area contributed by atoms with Crippen LogP contribution in [0.15, 0.2) is 91.0 Å². The van der Waals surface area contributed by atoms with E-state index >= 15 is 0 Å². The Morgan fingerprint density at radius 2 is 0.836 bits per heavy atom. The van der Waals surface area contributed by atoms with Crippen LogP contribution >= 0.6 is 0 Å². The van der Waals surface area contributed by atoms with E-state index in [-0.39, 0.29) is 33.0 Å². The third-order valence-corrected chi connectivity index (χ3v) is 7.95. The van der Waals surface area contributed by atoms with Crippen LogP contribution in [-0.2, 0) is 72.3 Å². The number of aliphatic carboxylic acids is 3. The number of hydrogen-bond donors (Lipinski definition) is 3.